The van der Waals surface area contributed by atoms with Crippen LogP contribution >= 0.6 is 0 Å². The van der Waals surface area contributed by atoms with Gasteiger partial charge in [0.15, 0.2) is 5.84 Å². The van der Waals surface area contributed by atoms with E-state index in [1.165, 1.54) is 0 Å². The molecule has 0 aromatic rings. The summed E-state index contributed by atoms with van der Waals surface area (Å²) in [6, 6.07) is 0. The molecule has 16 heavy (non-hydrogen) atoms. The maximum atomic E-state index is 11.6. The van der Waals surface area contributed by atoms with Crippen molar-refractivity contribution in [1.29, 1.82) is 5.41 Å². The molecule has 2 rings (SSSR count). The Kier molecular flexibility index (Phi) is 2.91. The quantitative estimate of drug-likeness (QED) is 0.573. The van der Waals surface area contributed by atoms with Crippen molar-refractivity contribution in [2.24, 2.45) is 9.98 Å². The average molecular weight is 219 g/mol. The van der Waals surface area contributed by atoms with Crippen LogP contribution in [0.3, 0.4) is 0 Å². The van der Waals surface area contributed by atoms with Gasteiger partial charge in [-0.2, -0.15) is 4.99 Å². The van der Waals surface area contributed by atoms with Crippen molar-refractivity contribution in [2.75, 3.05) is 13.1 Å². The molecular formula is C10H13N5O. The van der Waals surface area contributed by atoms with Gasteiger partial charge >= 0.3 is 0 Å². The van der Waals surface area contributed by atoms with Crippen LogP contribution in [-0.2, 0) is 4.79 Å². The largest absolute Gasteiger partial charge is 0.313 e. The van der Waals surface area contributed by atoms with Gasteiger partial charge in [-0.25, -0.2) is 4.99 Å². The maximum absolute atomic E-state index is 11.6. The molecule has 6 heteroatoms. The number of amidine groups is 1. The van der Waals surface area contributed by atoms with E-state index in [1.54, 1.807) is 6.21 Å². The van der Waals surface area contributed by atoms with Crippen molar-refractivity contribution in [3.63, 3.8) is 0 Å². The van der Waals surface area contributed by atoms with Gasteiger partial charge in [-0.05, 0) is 13.0 Å². The van der Waals surface area contributed by atoms with Crippen LogP contribution in [0, 0.1) is 5.41 Å². The third kappa shape index (κ3) is 1.92. The fraction of sp³-hybridized carbons (Fsp3) is 0.400. The summed E-state index contributed by atoms with van der Waals surface area (Å²) in [4.78, 5) is 19.5. The number of amides is 1. The third-order valence-electron chi connectivity index (χ3n) is 2.31. The van der Waals surface area contributed by atoms with Crippen LogP contribution < -0.4 is 10.6 Å². The standard InChI is InChI=1S/C10H13N5O/c1-2-3-12-4-6-5-13-8-7(6)9(16)15-10(11)14-8/h5,12H,2-4H2,1H3,(H2,11,15,16). The van der Waals surface area contributed by atoms with Gasteiger partial charge in [-0.1, -0.05) is 6.92 Å². The van der Waals surface area contributed by atoms with E-state index in [2.05, 4.69) is 27.5 Å². The van der Waals surface area contributed by atoms with Crippen molar-refractivity contribution in [3.05, 3.63) is 11.1 Å². The normalized spacial score (nSPS) is 18.7. The zero-order valence-electron chi connectivity index (χ0n) is 9.00. The summed E-state index contributed by atoms with van der Waals surface area (Å²) >= 11 is 0. The van der Waals surface area contributed by atoms with Gasteiger partial charge in [0.1, 0.15) is 0 Å². The molecule has 0 spiro atoms. The van der Waals surface area contributed by atoms with Gasteiger partial charge in [-0.15, -0.1) is 0 Å². The zero-order chi connectivity index (χ0) is 11.5. The number of rotatable bonds is 4. The van der Waals surface area contributed by atoms with Crippen molar-refractivity contribution >= 4 is 23.9 Å². The van der Waals surface area contributed by atoms with Crippen LogP contribution in [0.25, 0.3) is 0 Å². The van der Waals surface area contributed by atoms with E-state index in [0.29, 0.717) is 18.0 Å². The molecule has 0 aromatic carbocycles. The molecule has 0 saturated carbocycles. The third-order valence-corrected chi connectivity index (χ3v) is 2.31. The minimum Gasteiger partial charge on any atom is -0.313 e. The molecule has 0 bridgehead atoms. The highest BCUT2D eigenvalue weighted by Gasteiger charge is 2.28. The molecule has 1 amide bonds. The van der Waals surface area contributed by atoms with E-state index >= 15 is 0 Å². The average Bonchev–Trinajstić information content (AvgIpc) is 2.62. The smallest absolute Gasteiger partial charge is 0.262 e. The van der Waals surface area contributed by atoms with E-state index in [4.69, 9.17) is 5.41 Å². The number of fused-ring (bicyclic) bond motifs is 1. The Morgan fingerprint density at radius 3 is 3.12 bits per heavy atom. The van der Waals surface area contributed by atoms with Gasteiger partial charge in [-0.3, -0.25) is 15.5 Å². The first-order valence-corrected chi connectivity index (χ1v) is 5.19. The van der Waals surface area contributed by atoms with Crippen LogP contribution in [0.15, 0.2) is 21.1 Å². The molecule has 2 aliphatic rings. The summed E-state index contributed by atoms with van der Waals surface area (Å²) in [5.41, 5.74) is 1.32. The topological polar surface area (TPSA) is 89.7 Å². The Morgan fingerprint density at radius 1 is 1.56 bits per heavy atom. The molecule has 6 nitrogen and oxygen atoms in total. The highest BCUT2D eigenvalue weighted by atomic mass is 16.2. The number of hydrogen-bond acceptors (Lipinski definition) is 4. The van der Waals surface area contributed by atoms with Crippen molar-refractivity contribution in [2.45, 2.75) is 13.3 Å². The lowest BCUT2D eigenvalue weighted by atomic mass is 10.1. The molecule has 3 N–H and O–H groups in total. The predicted octanol–water partition coefficient (Wildman–Crippen LogP) is -0.170. The molecular weight excluding hydrogens is 206 g/mol. The fourth-order valence-electron chi connectivity index (χ4n) is 1.58. The van der Waals surface area contributed by atoms with Gasteiger partial charge < -0.3 is 5.32 Å². The molecule has 0 fully saturated rings. The molecule has 0 unspecified atom stereocenters. The Hall–Kier alpha value is -1.82. The van der Waals surface area contributed by atoms with E-state index < -0.39 is 0 Å². The molecule has 2 aliphatic heterocycles. The van der Waals surface area contributed by atoms with Crippen molar-refractivity contribution in [3.8, 4) is 0 Å². The van der Waals surface area contributed by atoms with Crippen LogP contribution in [0.4, 0.5) is 0 Å². The minimum atomic E-state index is -0.291. The lowest BCUT2D eigenvalue weighted by molar-refractivity contribution is -0.115. The zero-order valence-corrected chi connectivity index (χ0v) is 9.00. The number of hydrogen-bond donors (Lipinski definition) is 3. The van der Waals surface area contributed by atoms with Crippen LogP contribution in [0.1, 0.15) is 13.3 Å². The lowest BCUT2D eigenvalue weighted by Gasteiger charge is -2.12. The second-order valence-electron chi connectivity index (χ2n) is 3.57. The van der Waals surface area contributed by atoms with Crippen molar-refractivity contribution in [1.82, 2.24) is 10.6 Å². The minimum absolute atomic E-state index is 0.149. The predicted molar refractivity (Wildman–Crippen MR) is 62.0 cm³/mol. The molecule has 0 radical (unpaired) electrons. The second-order valence-corrected chi connectivity index (χ2v) is 3.57. The molecule has 84 valence electrons. The molecule has 0 saturated heterocycles. The van der Waals surface area contributed by atoms with E-state index in [-0.39, 0.29) is 11.9 Å². The Bertz CT molecular complexity index is 432. The Morgan fingerprint density at radius 2 is 2.38 bits per heavy atom. The second kappa shape index (κ2) is 4.36. The summed E-state index contributed by atoms with van der Waals surface area (Å²) in [5, 5.41) is 12.8. The first kappa shape index (κ1) is 10.7. The number of nitrogens with zero attached hydrogens (tertiary/aromatic N) is 2. The van der Waals surface area contributed by atoms with Gasteiger partial charge in [0.05, 0.1) is 5.57 Å². The number of nitrogens with one attached hydrogen (secondary N) is 3. The number of aliphatic imine (C=N–C) groups is 2. The van der Waals surface area contributed by atoms with Gasteiger partial charge in [0.2, 0.25) is 5.96 Å². The van der Waals surface area contributed by atoms with E-state index in [1.807, 2.05) is 0 Å². The number of carbonyl (C=O) groups is 1. The monoisotopic (exact) mass is 219 g/mol. The Balaban J connectivity index is 2.19. The first-order valence-electron chi connectivity index (χ1n) is 5.19. The van der Waals surface area contributed by atoms with Crippen LogP contribution in [-0.4, -0.2) is 37.0 Å². The SMILES string of the molecule is CCCNCC1=C2C(=O)NC(=N)N=C2N=C1. The molecule has 0 atom stereocenters. The van der Waals surface area contributed by atoms with Crippen LogP contribution in [0.5, 0.6) is 0 Å². The summed E-state index contributed by atoms with van der Waals surface area (Å²) in [6.07, 6.45) is 2.67. The number of guanidine groups is 1. The highest BCUT2D eigenvalue weighted by molar-refractivity contribution is 6.35. The summed E-state index contributed by atoms with van der Waals surface area (Å²) in [7, 11) is 0. The first-order chi connectivity index (χ1) is 7.72. The summed E-state index contributed by atoms with van der Waals surface area (Å²) in [5.74, 6) is -0.0912. The number of carbonyl (C=O) groups excluding carboxylic acids is 1. The summed E-state index contributed by atoms with van der Waals surface area (Å²) in [6.45, 7) is 3.58. The van der Waals surface area contributed by atoms with Gasteiger partial charge in [0.25, 0.3) is 5.91 Å². The Labute approximate surface area is 93.1 Å². The fourth-order valence-corrected chi connectivity index (χ4v) is 1.58. The van der Waals surface area contributed by atoms with Crippen LogP contribution in [0.2, 0.25) is 0 Å². The highest BCUT2D eigenvalue weighted by Crippen LogP contribution is 2.16. The maximum Gasteiger partial charge on any atom is 0.262 e. The molecule has 2 heterocycles. The molecule has 0 aromatic heterocycles. The lowest BCUT2D eigenvalue weighted by Crippen LogP contribution is -2.37. The van der Waals surface area contributed by atoms with E-state index in [9.17, 15) is 4.79 Å². The molecule has 0 aliphatic carbocycles. The van der Waals surface area contributed by atoms with E-state index in [0.717, 1.165) is 18.5 Å². The summed E-state index contributed by atoms with van der Waals surface area (Å²) < 4.78 is 0. The van der Waals surface area contributed by atoms with Crippen molar-refractivity contribution < 1.29 is 4.79 Å². The van der Waals surface area contributed by atoms with Gasteiger partial charge in [0, 0.05) is 18.3 Å².